The van der Waals surface area contributed by atoms with Gasteiger partial charge in [-0.3, -0.25) is 0 Å². The molecule has 1 aromatic heterocycles. The van der Waals surface area contributed by atoms with Gasteiger partial charge in [0.05, 0.1) is 12.4 Å². The van der Waals surface area contributed by atoms with Gasteiger partial charge in [0.25, 0.3) is 0 Å². The van der Waals surface area contributed by atoms with E-state index in [1.165, 1.54) is 68.9 Å². The fourth-order valence-corrected chi connectivity index (χ4v) is 4.08. The van der Waals surface area contributed by atoms with Gasteiger partial charge < -0.3 is 4.74 Å². The molecule has 1 heterocycles. The molecule has 0 fully saturated rings. The van der Waals surface area contributed by atoms with E-state index in [2.05, 4.69) is 72.3 Å². The Morgan fingerprint density at radius 1 is 0.576 bits per heavy atom. The van der Waals surface area contributed by atoms with Crippen LogP contribution in [0.1, 0.15) is 88.3 Å². The first-order valence-electron chi connectivity index (χ1n) is 12.9. The van der Waals surface area contributed by atoms with E-state index in [-0.39, 0.29) is 0 Å². The number of benzene rings is 2. The Balaban J connectivity index is 1.40. The van der Waals surface area contributed by atoms with Gasteiger partial charge in [-0.1, -0.05) is 114 Å². The lowest BCUT2D eigenvalue weighted by Gasteiger charge is -2.08. The Morgan fingerprint density at radius 3 is 1.76 bits per heavy atom. The molecule has 0 saturated carbocycles. The molecular formula is C30H40N2O. The van der Waals surface area contributed by atoms with Gasteiger partial charge in [0.2, 0.25) is 0 Å². The molecule has 0 amide bonds. The highest BCUT2D eigenvalue weighted by atomic mass is 16.5. The highest BCUT2D eigenvalue weighted by Gasteiger charge is 2.04. The molecule has 2 aromatic carbocycles. The number of aromatic nitrogens is 2. The Morgan fingerprint density at radius 2 is 1.12 bits per heavy atom. The van der Waals surface area contributed by atoms with Crippen LogP contribution in [0, 0.1) is 0 Å². The molecular weight excluding hydrogens is 404 g/mol. The molecule has 0 spiro atoms. The summed E-state index contributed by atoms with van der Waals surface area (Å²) >= 11 is 0. The summed E-state index contributed by atoms with van der Waals surface area (Å²) in [5.41, 5.74) is 4.98. The molecule has 0 N–H and O–H groups in total. The zero-order chi connectivity index (χ0) is 23.1. The van der Waals surface area contributed by atoms with Crippen LogP contribution in [0.5, 0.6) is 5.75 Å². The molecule has 3 heteroatoms. The van der Waals surface area contributed by atoms with E-state index in [4.69, 9.17) is 4.74 Å². The Labute approximate surface area is 200 Å². The third kappa shape index (κ3) is 9.00. The third-order valence-corrected chi connectivity index (χ3v) is 6.13. The predicted octanol–water partition coefficient (Wildman–Crippen LogP) is 8.36. The summed E-state index contributed by atoms with van der Waals surface area (Å²) in [6.45, 7) is 5.01. The maximum absolute atomic E-state index is 5.87. The minimum Gasteiger partial charge on any atom is -0.486 e. The molecule has 0 unspecified atom stereocenters. The zero-order valence-corrected chi connectivity index (χ0v) is 20.6. The lowest BCUT2D eigenvalue weighted by Crippen LogP contribution is -1.98. The lowest BCUT2D eigenvalue weighted by atomic mass is 10.0. The van der Waals surface area contributed by atoms with Gasteiger partial charge in [0.1, 0.15) is 6.61 Å². The lowest BCUT2D eigenvalue weighted by molar-refractivity contribution is 0.303. The van der Waals surface area contributed by atoms with E-state index in [1.807, 2.05) is 0 Å². The summed E-state index contributed by atoms with van der Waals surface area (Å²) in [6.07, 6.45) is 17.9. The SMILES string of the molecule is CCCCCCCCCCc1ccc(-c2ncc(OCc3ccc(CCC)cc3)cn2)cc1. The summed E-state index contributed by atoms with van der Waals surface area (Å²) in [7, 11) is 0. The average Bonchev–Trinajstić information content (AvgIpc) is 2.86. The molecule has 0 aliphatic heterocycles. The van der Waals surface area contributed by atoms with E-state index >= 15 is 0 Å². The fraction of sp³-hybridized carbons (Fsp3) is 0.467. The van der Waals surface area contributed by atoms with Crippen LogP contribution in [0.25, 0.3) is 11.4 Å². The van der Waals surface area contributed by atoms with Crippen LogP contribution < -0.4 is 4.74 Å². The van der Waals surface area contributed by atoms with Gasteiger partial charge >= 0.3 is 0 Å². The molecule has 0 saturated heterocycles. The molecule has 0 atom stereocenters. The fourth-order valence-electron chi connectivity index (χ4n) is 4.08. The quantitative estimate of drug-likeness (QED) is 0.221. The van der Waals surface area contributed by atoms with Crippen LogP contribution in [0.15, 0.2) is 60.9 Å². The van der Waals surface area contributed by atoms with Crippen molar-refractivity contribution < 1.29 is 4.74 Å². The van der Waals surface area contributed by atoms with Crippen molar-refractivity contribution in [2.75, 3.05) is 0 Å². The summed E-state index contributed by atoms with van der Waals surface area (Å²) in [6, 6.07) is 17.3. The number of unbranched alkanes of at least 4 members (excludes halogenated alkanes) is 7. The van der Waals surface area contributed by atoms with Crippen molar-refractivity contribution in [3.63, 3.8) is 0 Å². The van der Waals surface area contributed by atoms with E-state index in [0.29, 0.717) is 12.4 Å². The van der Waals surface area contributed by atoms with Crippen molar-refractivity contribution in [1.29, 1.82) is 0 Å². The first-order chi connectivity index (χ1) is 16.3. The molecule has 176 valence electrons. The summed E-state index contributed by atoms with van der Waals surface area (Å²) < 4.78 is 5.87. The third-order valence-electron chi connectivity index (χ3n) is 6.13. The van der Waals surface area contributed by atoms with Crippen LogP contribution in [0.3, 0.4) is 0 Å². The van der Waals surface area contributed by atoms with E-state index in [0.717, 1.165) is 29.8 Å². The first kappa shape index (κ1) is 25.0. The van der Waals surface area contributed by atoms with Gasteiger partial charge in [-0.05, 0) is 36.0 Å². The van der Waals surface area contributed by atoms with Crippen LogP contribution in [-0.4, -0.2) is 9.97 Å². The van der Waals surface area contributed by atoms with Gasteiger partial charge in [-0.15, -0.1) is 0 Å². The normalized spacial score (nSPS) is 11.0. The molecule has 0 radical (unpaired) electrons. The summed E-state index contributed by atoms with van der Waals surface area (Å²) in [4.78, 5) is 9.02. The second-order valence-electron chi connectivity index (χ2n) is 9.02. The van der Waals surface area contributed by atoms with Crippen molar-refractivity contribution >= 4 is 0 Å². The predicted molar refractivity (Wildman–Crippen MR) is 139 cm³/mol. The molecule has 3 nitrogen and oxygen atoms in total. The van der Waals surface area contributed by atoms with Crippen LogP contribution in [0.2, 0.25) is 0 Å². The van der Waals surface area contributed by atoms with E-state index in [9.17, 15) is 0 Å². The standard InChI is InChI=1S/C30H40N2O/c1-3-5-6-7-8-9-10-11-13-26-18-20-28(21-19-26)30-31-22-29(23-32-30)33-24-27-16-14-25(12-4-2)15-17-27/h14-23H,3-13,24H2,1-2H3. The van der Waals surface area contributed by atoms with Gasteiger partial charge in [0.15, 0.2) is 11.6 Å². The highest BCUT2D eigenvalue weighted by Crippen LogP contribution is 2.19. The first-order valence-corrected chi connectivity index (χ1v) is 12.9. The number of nitrogens with zero attached hydrogens (tertiary/aromatic N) is 2. The molecule has 3 aromatic rings. The average molecular weight is 445 g/mol. The van der Waals surface area contributed by atoms with Crippen LogP contribution in [-0.2, 0) is 19.4 Å². The topological polar surface area (TPSA) is 35.0 Å². The highest BCUT2D eigenvalue weighted by molar-refractivity contribution is 5.55. The molecule has 0 aliphatic rings. The number of rotatable bonds is 15. The number of hydrogen-bond donors (Lipinski definition) is 0. The monoisotopic (exact) mass is 444 g/mol. The minimum atomic E-state index is 0.530. The molecule has 0 aliphatic carbocycles. The summed E-state index contributed by atoms with van der Waals surface area (Å²) in [5.74, 6) is 1.44. The Kier molecular flexibility index (Phi) is 10.9. The van der Waals surface area contributed by atoms with Crippen molar-refractivity contribution in [3.05, 3.63) is 77.6 Å². The maximum atomic E-state index is 5.87. The van der Waals surface area contributed by atoms with Gasteiger partial charge in [-0.25, -0.2) is 9.97 Å². The smallest absolute Gasteiger partial charge is 0.159 e. The van der Waals surface area contributed by atoms with Crippen molar-refractivity contribution in [3.8, 4) is 17.1 Å². The van der Waals surface area contributed by atoms with Crippen molar-refractivity contribution in [2.45, 2.75) is 91.1 Å². The van der Waals surface area contributed by atoms with Crippen LogP contribution in [0.4, 0.5) is 0 Å². The minimum absolute atomic E-state index is 0.530. The number of hydrogen-bond acceptors (Lipinski definition) is 3. The molecule has 3 rings (SSSR count). The van der Waals surface area contributed by atoms with Gasteiger partial charge in [-0.2, -0.15) is 0 Å². The summed E-state index contributed by atoms with van der Waals surface area (Å²) in [5, 5.41) is 0. The van der Waals surface area contributed by atoms with Gasteiger partial charge in [0, 0.05) is 5.56 Å². The Hall–Kier alpha value is -2.68. The van der Waals surface area contributed by atoms with Crippen LogP contribution >= 0.6 is 0 Å². The second-order valence-corrected chi connectivity index (χ2v) is 9.02. The van der Waals surface area contributed by atoms with E-state index in [1.54, 1.807) is 12.4 Å². The van der Waals surface area contributed by atoms with Crippen molar-refractivity contribution in [2.24, 2.45) is 0 Å². The van der Waals surface area contributed by atoms with E-state index < -0.39 is 0 Å². The number of ether oxygens (including phenoxy) is 1. The Bertz CT molecular complexity index is 902. The molecule has 33 heavy (non-hydrogen) atoms. The zero-order valence-electron chi connectivity index (χ0n) is 20.6. The van der Waals surface area contributed by atoms with Crippen molar-refractivity contribution in [1.82, 2.24) is 9.97 Å². The maximum Gasteiger partial charge on any atom is 0.159 e. The second kappa shape index (κ2) is 14.5. The largest absolute Gasteiger partial charge is 0.486 e. The number of aryl methyl sites for hydroxylation is 2. The molecule has 0 bridgehead atoms.